The molecule has 12 heteroatoms. The summed E-state index contributed by atoms with van der Waals surface area (Å²) in [6.07, 6.45) is 22.5. The molecule has 0 radical (unpaired) electrons. The molecule has 4 aliphatic carbocycles. The number of carbonyl (C=O) groups is 1. The van der Waals surface area contributed by atoms with Crippen LogP contribution in [0.1, 0.15) is 280 Å². The van der Waals surface area contributed by atoms with Gasteiger partial charge in [-0.25, -0.2) is 4.79 Å². The Bertz CT molecular complexity index is 1710. The van der Waals surface area contributed by atoms with Gasteiger partial charge in [-0.15, -0.1) is 0 Å². The zero-order valence-electron chi connectivity index (χ0n) is 57.8. The summed E-state index contributed by atoms with van der Waals surface area (Å²) in [6, 6.07) is 0. The first kappa shape index (κ1) is 95.6. The van der Waals surface area contributed by atoms with Crippen molar-refractivity contribution >= 4 is 46.4 Å². The van der Waals surface area contributed by atoms with Crippen LogP contribution in [0, 0.1) is 56.2 Å². The van der Waals surface area contributed by atoms with E-state index in [1.165, 1.54) is 55.2 Å². The molecule has 8 nitrogen and oxygen atoms in total. The molecular formula is C67H134AlILiMgN3O5. The van der Waals surface area contributed by atoms with Crippen molar-refractivity contribution in [1.82, 2.24) is 0 Å². The molecule has 4 rings (SSSR count). The zero-order valence-corrected chi connectivity index (χ0v) is 60.4. The van der Waals surface area contributed by atoms with Gasteiger partial charge in [-0.2, -0.15) is 0 Å². The second-order valence-electron chi connectivity index (χ2n) is 30.8. The Hall–Kier alpha value is 0.246. The molecule has 0 atom stereocenters. The minimum atomic E-state index is -0.668. The van der Waals surface area contributed by atoms with Gasteiger partial charge in [-0.05, 0) is 180 Å². The Balaban J connectivity index is -0.000000110. The molecule has 0 heterocycles. The second kappa shape index (κ2) is 40.6. The van der Waals surface area contributed by atoms with Gasteiger partial charge >= 0.3 is 47.9 Å². The predicted octanol–water partition coefficient (Wildman–Crippen LogP) is 13.8. The normalized spacial score (nSPS) is 20.1. The van der Waals surface area contributed by atoms with E-state index in [1.807, 2.05) is 62.3 Å². The van der Waals surface area contributed by atoms with Gasteiger partial charge in [0.1, 0.15) is 0 Å². The van der Waals surface area contributed by atoms with Crippen LogP contribution in [0.15, 0.2) is 51.7 Å². The number of rotatable bonds is 9. The van der Waals surface area contributed by atoms with Crippen LogP contribution < -0.4 is 42.8 Å². The number of halogens is 1. The minimum absolute atomic E-state index is 0. The number of ether oxygens (including phenoxy) is 3. The molecule has 0 aromatic rings. The Kier molecular flexibility index (Phi) is 49.1. The summed E-state index contributed by atoms with van der Waals surface area (Å²) in [4.78, 5) is 14.4. The molecule has 4 aliphatic rings. The maximum atomic E-state index is 11.4. The summed E-state index contributed by atoms with van der Waals surface area (Å²) < 4.78 is 14.6. The summed E-state index contributed by atoms with van der Waals surface area (Å²) in [5.41, 5.74) is 16.6. The van der Waals surface area contributed by atoms with Gasteiger partial charge in [0.05, 0.1) is 17.7 Å². The number of hydrogen-bond donors (Lipinski definition) is 1. The first-order valence-electron chi connectivity index (χ1n) is 28.5. The zero-order chi connectivity index (χ0) is 57.8. The van der Waals surface area contributed by atoms with E-state index in [0.29, 0.717) is 55.3 Å². The Morgan fingerprint density at radius 2 is 0.772 bits per heavy atom. The molecule has 1 N–H and O–H groups in total. The van der Waals surface area contributed by atoms with Crippen LogP contribution in [0.2, 0.25) is 0 Å². The molecule has 0 amide bonds. The van der Waals surface area contributed by atoms with Crippen molar-refractivity contribution in [2.24, 2.45) is 53.8 Å². The first-order valence-corrected chi connectivity index (χ1v) is 28.5. The smallest absolute Gasteiger partial charge is 1.00 e. The summed E-state index contributed by atoms with van der Waals surface area (Å²) in [6.45, 7) is 65.5. The van der Waals surface area contributed by atoms with Gasteiger partial charge in [0.15, 0.2) is 17.4 Å². The van der Waals surface area contributed by atoms with Crippen molar-refractivity contribution in [2.75, 3.05) is 33.0 Å². The van der Waals surface area contributed by atoms with E-state index in [-0.39, 0.29) is 106 Å². The molecule has 0 unspecified atom stereocenters. The van der Waals surface area contributed by atoms with Gasteiger partial charge in [0, 0.05) is 37.4 Å². The van der Waals surface area contributed by atoms with Gasteiger partial charge < -0.3 is 52.1 Å². The van der Waals surface area contributed by atoms with E-state index in [9.17, 15) is 9.90 Å². The van der Waals surface area contributed by atoms with Crippen LogP contribution in [0.3, 0.4) is 0 Å². The van der Waals surface area contributed by atoms with Gasteiger partial charge in [0.25, 0.3) is 0 Å². The number of azide groups is 1. The predicted molar refractivity (Wildman–Crippen MR) is 348 cm³/mol. The SMILES string of the molecule is C.CC(C)(C)C=C1CC(C)(C)CC(C)(C)C1.CC(C)(O)C=C1CC(C)(C)CC(C)(C)C1.CC1(C)CC(=CC(C)(C)N=[N+]=[N-])CC(C)(C)C1.CCOC(=O)C=C1CC(C)(C)CC(C)(C)C1.CCOCC.CCOCC.[AlH3].[CH3-].[H-].[I-].[Li+].[Mg+2]. The Morgan fingerprint density at radius 1 is 0.532 bits per heavy atom. The van der Waals surface area contributed by atoms with Gasteiger partial charge in [-0.3, -0.25) is 0 Å². The largest absolute Gasteiger partial charge is 2.00 e. The molecule has 0 aromatic heterocycles. The quantitative estimate of drug-likeness (QED) is 0.0284. The minimum Gasteiger partial charge on any atom is -1.00 e. The maximum absolute atomic E-state index is 11.4. The van der Waals surface area contributed by atoms with Crippen LogP contribution in [0.5, 0.6) is 0 Å². The molecule has 0 saturated heterocycles. The molecule has 0 bridgehead atoms. The molecule has 79 heavy (non-hydrogen) atoms. The number of aliphatic hydroxyl groups is 1. The molecule has 0 aliphatic heterocycles. The Morgan fingerprint density at radius 3 is 0.975 bits per heavy atom. The van der Waals surface area contributed by atoms with Crippen molar-refractivity contribution in [1.29, 1.82) is 0 Å². The first-order chi connectivity index (χ1) is 32.6. The van der Waals surface area contributed by atoms with E-state index in [0.717, 1.165) is 65.0 Å². The van der Waals surface area contributed by atoms with Crippen molar-refractivity contribution in [3.8, 4) is 0 Å². The van der Waals surface area contributed by atoms with Gasteiger partial charge in [0.2, 0.25) is 0 Å². The summed E-state index contributed by atoms with van der Waals surface area (Å²) in [7, 11) is 0. The number of esters is 1. The van der Waals surface area contributed by atoms with Crippen LogP contribution >= 0.6 is 0 Å². The van der Waals surface area contributed by atoms with E-state index >= 15 is 0 Å². The van der Waals surface area contributed by atoms with E-state index < -0.39 is 11.1 Å². The summed E-state index contributed by atoms with van der Waals surface area (Å²) in [5.74, 6) is -0.189. The maximum Gasteiger partial charge on any atom is 2.00 e. The molecule has 0 spiro atoms. The number of hydrogen-bond acceptors (Lipinski definition) is 6. The van der Waals surface area contributed by atoms with Crippen molar-refractivity contribution in [2.45, 2.75) is 289 Å². The van der Waals surface area contributed by atoms with Gasteiger partial charge in [-0.1, -0.05) is 198 Å². The van der Waals surface area contributed by atoms with Crippen LogP contribution in [0.4, 0.5) is 0 Å². The van der Waals surface area contributed by atoms with Crippen molar-refractivity contribution < 1.29 is 68.4 Å². The average molecular weight is 1250 g/mol. The summed E-state index contributed by atoms with van der Waals surface area (Å²) in [5, 5.41) is 13.7. The third kappa shape index (κ3) is 51.2. The summed E-state index contributed by atoms with van der Waals surface area (Å²) >= 11 is 0. The fraction of sp³-hybridized carbons (Fsp3) is 0.851. The third-order valence-corrected chi connectivity index (χ3v) is 13.0. The molecule has 4 saturated carbocycles. The monoisotopic (exact) mass is 1250 g/mol. The average Bonchev–Trinajstić information content (AvgIpc) is 3.06. The number of nitrogens with zero attached hydrogens (tertiary/aromatic N) is 3. The Labute approximate surface area is 551 Å². The van der Waals surface area contributed by atoms with E-state index in [2.05, 4.69) is 160 Å². The molecular weight excluding hydrogens is 1110 g/mol. The molecule has 4 fully saturated rings. The number of allylic oxidation sites excluding steroid dienone is 5. The molecule has 0 aromatic carbocycles. The topological polar surface area (TPSA) is 114 Å². The van der Waals surface area contributed by atoms with Crippen LogP contribution in [0.25, 0.3) is 10.4 Å². The van der Waals surface area contributed by atoms with Crippen molar-refractivity contribution in [3.05, 3.63) is 64.5 Å². The third-order valence-electron chi connectivity index (χ3n) is 13.0. The van der Waals surface area contributed by atoms with Crippen LogP contribution in [-0.2, 0) is 19.0 Å². The van der Waals surface area contributed by atoms with Crippen molar-refractivity contribution in [3.63, 3.8) is 0 Å². The fourth-order valence-electron chi connectivity index (χ4n) is 13.8. The van der Waals surface area contributed by atoms with Crippen LogP contribution in [-0.4, -0.2) is 95.7 Å². The molecule has 460 valence electrons. The fourth-order valence-corrected chi connectivity index (χ4v) is 13.8. The standard InChI is InChI=1S/C15H28.C14H25N3.C14H24O2.C14H26O.2C4H10O.CH4.CH3.Al.HI.Li.Mg.4H/c1-13(2,3)8-12-9-14(4,5)11-15(6,7)10-12;1-12(2)7-11(8-13(3,4)10-12)9-14(5,6)16-17-15;1-6-16-12(15)7-11-8-13(2,3)10-14(4,5)9-11;1-12(2)7-11(9-14(5,6)15)8-13(3,4)10-12;2*1-3-5-4-2;;;;;;;;;;/h8H,9-11H2,1-7H3;9H,7-8,10H2,1-6H3;7H,6,8-10H2,1-5H3;9,15H,7-8,10H2,1-6H3;2*3-4H2,1-2H3;1H4;1H3;;1H;;;;;;/q;;;;;;;-1;;;+1;+2;;;;-1/p-1. The second-order valence-corrected chi connectivity index (χ2v) is 30.8. The van der Waals surface area contributed by atoms with E-state index in [4.69, 9.17) is 19.7 Å². The number of carbonyl (C=O) groups excluding carboxylic acids is 1. The van der Waals surface area contributed by atoms with E-state index in [1.54, 1.807) is 11.6 Å².